The van der Waals surface area contributed by atoms with Gasteiger partial charge in [0.25, 0.3) is 0 Å². The van der Waals surface area contributed by atoms with Crippen LogP contribution in [0, 0.1) is 0 Å². The van der Waals surface area contributed by atoms with Gasteiger partial charge in [0, 0.05) is 17.9 Å². The lowest BCUT2D eigenvalue weighted by Gasteiger charge is -2.11. The highest BCUT2D eigenvalue weighted by molar-refractivity contribution is 5.99. The fourth-order valence-electron chi connectivity index (χ4n) is 2.75. The molecular formula is C21H23N5O2. The van der Waals surface area contributed by atoms with E-state index < -0.39 is 0 Å². The first-order chi connectivity index (χ1) is 13.5. The van der Waals surface area contributed by atoms with Gasteiger partial charge in [-0.25, -0.2) is 4.79 Å². The summed E-state index contributed by atoms with van der Waals surface area (Å²) < 4.78 is 0. The molecule has 0 bridgehead atoms. The summed E-state index contributed by atoms with van der Waals surface area (Å²) in [5, 5.41) is 15.3. The Morgan fingerprint density at radius 2 is 1.82 bits per heavy atom. The maximum Gasteiger partial charge on any atom is 0.323 e. The Morgan fingerprint density at radius 3 is 2.54 bits per heavy atom. The summed E-state index contributed by atoms with van der Waals surface area (Å²) in [4.78, 5) is 23.2. The standard InChI is InChI=1S/C21H23N5O2/c1-14(2)16-6-4-8-18(10-16)25-21(28)24-17-7-3-5-15(9-17)11-22-19-12-23-26-20(19)13-27/h3-10,12-14,22H,11H2,1-2H3,(H,23,26)(H2,24,25,28). The topological polar surface area (TPSA) is 98.9 Å². The largest absolute Gasteiger partial charge is 0.378 e. The fraction of sp³-hybridized carbons (Fsp3) is 0.190. The number of rotatable bonds is 7. The Balaban J connectivity index is 1.60. The highest BCUT2D eigenvalue weighted by Gasteiger charge is 2.07. The van der Waals surface area contributed by atoms with E-state index in [0.717, 1.165) is 11.3 Å². The molecule has 0 spiro atoms. The molecule has 1 heterocycles. The second-order valence-corrected chi connectivity index (χ2v) is 6.73. The molecule has 3 aromatic rings. The monoisotopic (exact) mass is 377 g/mol. The van der Waals surface area contributed by atoms with Crippen LogP contribution in [0.5, 0.6) is 0 Å². The van der Waals surface area contributed by atoms with Crippen molar-refractivity contribution in [1.82, 2.24) is 10.2 Å². The molecule has 7 heteroatoms. The molecule has 2 aromatic carbocycles. The quantitative estimate of drug-likeness (QED) is 0.452. The lowest BCUT2D eigenvalue weighted by Crippen LogP contribution is -2.19. The van der Waals surface area contributed by atoms with E-state index in [2.05, 4.69) is 40.0 Å². The molecule has 0 fully saturated rings. The molecule has 0 atom stereocenters. The van der Waals surface area contributed by atoms with Crippen molar-refractivity contribution < 1.29 is 9.59 Å². The molecule has 144 valence electrons. The Labute approximate surface area is 163 Å². The molecule has 7 nitrogen and oxygen atoms in total. The van der Waals surface area contributed by atoms with Gasteiger partial charge in [0.1, 0.15) is 5.69 Å². The number of aldehydes is 1. The summed E-state index contributed by atoms with van der Waals surface area (Å²) in [6.45, 7) is 4.72. The van der Waals surface area contributed by atoms with E-state index in [1.54, 1.807) is 6.20 Å². The minimum Gasteiger partial charge on any atom is -0.378 e. The Kier molecular flexibility index (Phi) is 6.06. The van der Waals surface area contributed by atoms with Gasteiger partial charge in [-0.05, 0) is 41.3 Å². The number of nitrogens with one attached hydrogen (secondary N) is 4. The van der Waals surface area contributed by atoms with Gasteiger partial charge in [-0.2, -0.15) is 5.10 Å². The minimum atomic E-state index is -0.302. The number of aromatic amines is 1. The number of urea groups is 1. The zero-order valence-electron chi connectivity index (χ0n) is 15.8. The van der Waals surface area contributed by atoms with Crippen LogP contribution >= 0.6 is 0 Å². The number of aromatic nitrogens is 2. The van der Waals surface area contributed by atoms with Gasteiger partial charge in [-0.1, -0.05) is 38.1 Å². The lowest BCUT2D eigenvalue weighted by atomic mass is 10.0. The molecule has 3 rings (SSSR count). The number of hydrogen-bond donors (Lipinski definition) is 4. The van der Waals surface area contributed by atoms with Gasteiger partial charge in [0.05, 0.1) is 11.9 Å². The SMILES string of the molecule is CC(C)c1cccc(NC(=O)Nc2cccc(CNc3cn[nH]c3C=O)c2)c1. The van der Waals surface area contributed by atoms with Crippen molar-refractivity contribution in [3.63, 3.8) is 0 Å². The number of carbonyl (C=O) groups is 2. The Bertz CT molecular complexity index is 965. The molecule has 0 unspecified atom stereocenters. The number of hydrogen-bond acceptors (Lipinski definition) is 4. The molecular weight excluding hydrogens is 354 g/mol. The van der Waals surface area contributed by atoms with Crippen molar-refractivity contribution in [3.05, 3.63) is 71.5 Å². The normalized spacial score (nSPS) is 10.5. The summed E-state index contributed by atoms with van der Waals surface area (Å²) in [6, 6.07) is 15.0. The van der Waals surface area contributed by atoms with Crippen molar-refractivity contribution in [2.45, 2.75) is 26.3 Å². The Hall–Kier alpha value is -3.61. The smallest absolute Gasteiger partial charge is 0.323 e. The molecule has 2 amide bonds. The lowest BCUT2D eigenvalue weighted by molar-refractivity contribution is 0.111. The number of H-pyrrole nitrogens is 1. The van der Waals surface area contributed by atoms with E-state index in [-0.39, 0.29) is 6.03 Å². The number of benzene rings is 2. The third kappa shape index (κ3) is 4.97. The molecule has 0 saturated heterocycles. The summed E-state index contributed by atoms with van der Waals surface area (Å²) in [6.07, 6.45) is 2.27. The van der Waals surface area contributed by atoms with Crippen LogP contribution in [0.15, 0.2) is 54.7 Å². The zero-order valence-corrected chi connectivity index (χ0v) is 15.8. The van der Waals surface area contributed by atoms with Gasteiger partial charge >= 0.3 is 6.03 Å². The molecule has 0 aliphatic rings. The molecule has 0 aliphatic carbocycles. The molecule has 4 N–H and O–H groups in total. The van der Waals surface area contributed by atoms with Crippen molar-refractivity contribution in [3.8, 4) is 0 Å². The first kappa shape index (κ1) is 19.2. The highest BCUT2D eigenvalue weighted by atomic mass is 16.2. The third-order valence-corrected chi connectivity index (χ3v) is 4.27. The van der Waals surface area contributed by atoms with Crippen LogP contribution in [0.1, 0.15) is 41.4 Å². The van der Waals surface area contributed by atoms with Crippen LogP contribution < -0.4 is 16.0 Å². The average molecular weight is 377 g/mol. The van der Waals surface area contributed by atoms with E-state index in [1.165, 1.54) is 5.56 Å². The van der Waals surface area contributed by atoms with Crippen molar-refractivity contribution in [2.24, 2.45) is 0 Å². The van der Waals surface area contributed by atoms with Gasteiger partial charge in [-0.15, -0.1) is 0 Å². The Morgan fingerprint density at radius 1 is 1.11 bits per heavy atom. The number of nitrogens with zero attached hydrogens (tertiary/aromatic N) is 1. The van der Waals surface area contributed by atoms with Gasteiger partial charge < -0.3 is 16.0 Å². The van der Waals surface area contributed by atoms with E-state index in [1.807, 2.05) is 48.5 Å². The van der Waals surface area contributed by atoms with E-state index in [4.69, 9.17) is 0 Å². The molecule has 1 aromatic heterocycles. The summed E-state index contributed by atoms with van der Waals surface area (Å²) in [7, 11) is 0. The third-order valence-electron chi connectivity index (χ3n) is 4.27. The second kappa shape index (κ2) is 8.85. The molecule has 28 heavy (non-hydrogen) atoms. The molecule has 0 saturated carbocycles. The second-order valence-electron chi connectivity index (χ2n) is 6.73. The molecule has 0 radical (unpaired) electrons. The minimum absolute atomic E-state index is 0.302. The summed E-state index contributed by atoms with van der Waals surface area (Å²) >= 11 is 0. The maximum absolute atomic E-state index is 12.3. The van der Waals surface area contributed by atoms with Gasteiger partial charge in [0.15, 0.2) is 6.29 Å². The average Bonchev–Trinajstić information content (AvgIpc) is 3.14. The van der Waals surface area contributed by atoms with Crippen molar-refractivity contribution >= 4 is 29.4 Å². The van der Waals surface area contributed by atoms with Crippen molar-refractivity contribution in [2.75, 3.05) is 16.0 Å². The van der Waals surface area contributed by atoms with Crippen molar-refractivity contribution in [1.29, 1.82) is 0 Å². The first-order valence-electron chi connectivity index (χ1n) is 9.04. The van der Waals surface area contributed by atoms with E-state index >= 15 is 0 Å². The van der Waals surface area contributed by atoms with Crippen LogP contribution in [0.2, 0.25) is 0 Å². The van der Waals surface area contributed by atoms with E-state index in [9.17, 15) is 9.59 Å². The van der Waals surface area contributed by atoms with Crippen LogP contribution in [-0.2, 0) is 6.54 Å². The van der Waals surface area contributed by atoms with E-state index in [0.29, 0.717) is 35.8 Å². The summed E-state index contributed by atoms with van der Waals surface area (Å²) in [5.74, 6) is 0.393. The first-order valence-corrected chi connectivity index (χ1v) is 9.04. The predicted molar refractivity (Wildman–Crippen MR) is 111 cm³/mol. The van der Waals surface area contributed by atoms with Crippen LogP contribution in [-0.4, -0.2) is 22.5 Å². The van der Waals surface area contributed by atoms with Crippen LogP contribution in [0.25, 0.3) is 0 Å². The highest BCUT2D eigenvalue weighted by Crippen LogP contribution is 2.19. The van der Waals surface area contributed by atoms with Gasteiger partial charge in [-0.3, -0.25) is 9.89 Å². The van der Waals surface area contributed by atoms with Gasteiger partial charge in [0.2, 0.25) is 0 Å². The predicted octanol–water partition coefficient (Wildman–Crippen LogP) is 4.60. The number of amides is 2. The number of anilines is 3. The summed E-state index contributed by atoms with van der Waals surface area (Å²) in [5.41, 5.74) is 4.59. The maximum atomic E-state index is 12.3. The molecule has 0 aliphatic heterocycles. The fourth-order valence-corrected chi connectivity index (χ4v) is 2.75. The van der Waals surface area contributed by atoms with Crippen LogP contribution in [0.3, 0.4) is 0 Å². The zero-order chi connectivity index (χ0) is 19.9. The van der Waals surface area contributed by atoms with Crippen LogP contribution in [0.4, 0.5) is 21.9 Å². The number of carbonyl (C=O) groups excluding carboxylic acids is 2.